The number of hydrogen-bond acceptors (Lipinski definition) is 3. The van der Waals surface area contributed by atoms with Gasteiger partial charge in [0.2, 0.25) is 0 Å². The molecule has 1 fully saturated rings. The van der Waals surface area contributed by atoms with E-state index in [1.165, 1.54) is 4.90 Å². The van der Waals surface area contributed by atoms with E-state index in [4.69, 9.17) is 0 Å². The lowest BCUT2D eigenvalue weighted by molar-refractivity contribution is -0.141. The number of amides is 1. The highest BCUT2D eigenvalue weighted by molar-refractivity contribution is 8.00. The molecule has 0 saturated carbocycles. The molecule has 0 spiro atoms. The third-order valence-corrected chi connectivity index (χ3v) is 5.17. The molecular formula is C15H19NO3S. The number of rotatable bonds is 3. The van der Waals surface area contributed by atoms with Crippen LogP contribution < -0.4 is 0 Å². The van der Waals surface area contributed by atoms with Gasteiger partial charge >= 0.3 is 5.97 Å². The Hall–Kier alpha value is -1.49. The van der Waals surface area contributed by atoms with Gasteiger partial charge in [0.25, 0.3) is 5.91 Å². The van der Waals surface area contributed by atoms with Crippen molar-refractivity contribution >= 4 is 23.6 Å². The van der Waals surface area contributed by atoms with Crippen LogP contribution >= 0.6 is 11.8 Å². The molecule has 4 nitrogen and oxygen atoms in total. The van der Waals surface area contributed by atoms with Crippen LogP contribution in [0.25, 0.3) is 0 Å². The van der Waals surface area contributed by atoms with Gasteiger partial charge in [-0.2, -0.15) is 0 Å². The molecule has 1 heterocycles. The van der Waals surface area contributed by atoms with Crippen LogP contribution in [0, 0.1) is 13.8 Å². The van der Waals surface area contributed by atoms with Gasteiger partial charge in [0, 0.05) is 11.3 Å². The summed E-state index contributed by atoms with van der Waals surface area (Å²) in [6, 6.07) is 4.80. The van der Waals surface area contributed by atoms with E-state index in [1.807, 2.05) is 32.9 Å². The first-order chi connectivity index (χ1) is 9.45. The summed E-state index contributed by atoms with van der Waals surface area (Å²) in [4.78, 5) is 25.5. The first-order valence-corrected chi connectivity index (χ1v) is 7.75. The fourth-order valence-electron chi connectivity index (χ4n) is 2.36. The third kappa shape index (κ3) is 2.68. The smallest absolute Gasteiger partial charge is 0.327 e. The van der Waals surface area contributed by atoms with Crippen LogP contribution in [-0.4, -0.2) is 39.1 Å². The van der Waals surface area contributed by atoms with Crippen molar-refractivity contribution in [3.63, 3.8) is 0 Å². The van der Waals surface area contributed by atoms with Gasteiger partial charge in [-0.1, -0.05) is 13.0 Å². The van der Waals surface area contributed by atoms with E-state index >= 15 is 0 Å². The predicted molar refractivity (Wildman–Crippen MR) is 80.0 cm³/mol. The largest absolute Gasteiger partial charge is 0.480 e. The first-order valence-electron chi connectivity index (χ1n) is 6.70. The SMILES string of the molecule is CCC1SCC(C(=O)O)N1C(=O)c1ccc(C)c(C)c1. The summed E-state index contributed by atoms with van der Waals surface area (Å²) in [5.74, 6) is -0.646. The Kier molecular flexibility index (Phi) is 4.38. The fraction of sp³-hybridized carbons (Fsp3) is 0.467. The Morgan fingerprint density at radius 2 is 2.05 bits per heavy atom. The van der Waals surface area contributed by atoms with Gasteiger partial charge in [0.1, 0.15) is 6.04 Å². The molecule has 1 N–H and O–H groups in total. The second-order valence-electron chi connectivity index (χ2n) is 5.06. The summed E-state index contributed by atoms with van der Waals surface area (Å²) in [5, 5.41) is 9.23. The summed E-state index contributed by atoms with van der Waals surface area (Å²) < 4.78 is 0. The molecule has 0 radical (unpaired) electrons. The average Bonchev–Trinajstić information content (AvgIpc) is 2.85. The van der Waals surface area contributed by atoms with E-state index in [0.717, 1.165) is 17.5 Å². The Labute approximate surface area is 123 Å². The Bertz CT molecular complexity index is 544. The lowest BCUT2D eigenvalue weighted by Crippen LogP contribution is -2.45. The van der Waals surface area contributed by atoms with E-state index < -0.39 is 12.0 Å². The topological polar surface area (TPSA) is 57.6 Å². The van der Waals surface area contributed by atoms with Gasteiger partial charge in [-0.15, -0.1) is 11.8 Å². The highest BCUT2D eigenvalue weighted by Crippen LogP contribution is 2.32. The number of thioether (sulfide) groups is 1. The van der Waals surface area contributed by atoms with Crippen molar-refractivity contribution in [1.29, 1.82) is 0 Å². The maximum atomic E-state index is 12.6. The molecule has 1 aliphatic rings. The van der Waals surface area contributed by atoms with Crippen molar-refractivity contribution < 1.29 is 14.7 Å². The number of carbonyl (C=O) groups is 2. The molecule has 0 aromatic heterocycles. The van der Waals surface area contributed by atoms with Crippen molar-refractivity contribution in [3.8, 4) is 0 Å². The molecule has 1 aliphatic heterocycles. The van der Waals surface area contributed by atoms with Crippen LogP contribution in [0.5, 0.6) is 0 Å². The Morgan fingerprint density at radius 3 is 2.60 bits per heavy atom. The standard InChI is InChI=1S/C15H19NO3S/c1-4-13-16(12(8-20-13)15(18)19)14(17)11-6-5-9(2)10(3)7-11/h5-7,12-13H,4,8H2,1-3H3,(H,18,19). The Morgan fingerprint density at radius 1 is 1.35 bits per heavy atom. The number of carboxylic acids is 1. The van der Waals surface area contributed by atoms with Gasteiger partial charge < -0.3 is 10.0 Å². The van der Waals surface area contributed by atoms with Crippen molar-refractivity contribution in [2.24, 2.45) is 0 Å². The van der Waals surface area contributed by atoms with Gasteiger partial charge in [0.05, 0.1) is 5.37 Å². The minimum atomic E-state index is -0.925. The second kappa shape index (κ2) is 5.87. The summed E-state index contributed by atoms with van der Waals surface area (Å²) in [5.41, 5.74) is 2.74. The van der Waals surface area contributed by atoms with E-state index in [0.29, 0.717) is 11.3 Å². The van der Waals surface area contributed by atoms with Gasteiger partial charge in [0.15, 0.2) is 0 Å². The number of aryl methyl sites for hydroxylation is 2. The van der Waals surface area contributed by atoms with E-state index in [1.54, 1.807) is 17.8 Å². The summed E-state index contributed by atoms with van der Waals surface area (Å²) in [7, 11) is 0. The molecule has 0 aliphatic carbocycles. The molecule has 1 saturated heterocycles. The zero-order chi connectivity index (χ0) is 14.9. The van der Waals surface area contributed by atoms with Crippen LogP contribution in [-0.2, 0) is 4.79 Å². The highest BCUT2D eigenvalue weighted by atomic mass is 32.2. The molecule has 108 valence electrons. The van der Waals surface area contributed by atoms with Crippen molar-refractivity contribution in [2.75, 3.05) is 5.75 Å². The molecule has 2 rings (SSSR count). The van der Waals surface area contributed by atoms with Crippen LogP contribution in [0.15, 0.2) is 18.2 Å². The van der Waals surface area contributed by atoms with Crippen molar-refractivity contribution in [3.05, 3.63) is 34.9 Å². The minimum absolute atomic E-state index is 0.0507. The molecule has 5 heteroatoms. The monoisotopic (exact) mass is 293 g/mol. The van der Waals surface area contributed by atoms with Gasteiger partial charge in [-0.25, -0.2) is 4.79 Å². The normalized spacial score (nSPS) is 22.1. The fourth-order valence-corrected chi connectivity index (χ4v) is 3.71. The van der Waals surface area contributed by atoms with Crippen LogP contribution in [0.3, 0.4) is 0 Å². The number of aliphatic carboxylic acids is 1. The minimum Gasteiger partial charge on any atom is -0.480 e. The molecule has 1 aromatic rings. The highest BCUT2D eigenvalue weighted by Gasteiger charge is 2.41. The van der Waals surface area contributed by atoms with Crippen LogP contribution in [0.1, 0.15) is 34.8 Å². The van der Waals surface area contributed by atoms with Crippen LogP contribution in [0.2, 0.25) is 0 Å². The maximum Gasteiger partial charge on any atom is 0.327 e. The lowest BCUT2D eigenvalue weighted by atomic mass is 10.0. The summed E-state index contributed by atoms with van der Waals surface area (Å²) >= 11 is 1.54. The van der Waals surface area contributed by atoms with Crippen molar-refractivity contribution in [1.82, 2.24) is 4.90 Å². The molecule has 0 bridgehead atoms. The van der Waals surface area contributed by atoms with E-state index in [9.17, 15) is 14.7 Å². The summed E-state index contributed by atoms with van der Waals surface area (Å²) in [6.07, 6.45) is 0.755. The molecular weight excluding hydrogens is 274 g/mol. The van der Waals surface area contributed by atoms with Gasteiger partial charge in [-0.3, -0.25) is 4.79 Å². The van der Waals surface area contributed by atoms with Crippen molar-refractivity contribution in [2.45, 2.75) is 38.6 Å². The predicted octanol–water partition coefficient (Wildman–Crippen LogP) is 2.68. The Balaban J connectivity index is 2.33. The summed E-state index contributed by atoms with van der Waals surface area (Å²) in [6.45, 7) is 5.92. The third-order valence-electron chi connectivity index (χ3n) is 3.72. The zero-order valence-corrected chi connectivity index (χ0v) is 12.7. The first kappa shape index (κ1) is 14.9. The number of nitrogens with zero attached hydrogens (tertiary/aromatic N) is 1. The number of carboxylic acid groups (broad SMARTS) is 1. The average molecular weight is 293 g/mol. The van der Waals surface area contributed by atoms with E-state index in [2.05, 4.69) is 0 Å². The van der Waals surface area contributed by atoms with Gasteiger partial charge in [-0.05, 0) is 43.5 Å². The number of benzene rings is 1. The number of carbonyl (C=O) groups excluding carboxylic acids is 1. The molecule has 1 amide bonds. The molecule has 1 aromatic carbocycles. The maximum absolute atomic E-state index is 12.6. The lowest BCUT2D eigenvalue weighted by Gasteiger charge is -2.27. The number of hydrogen-bond donors (Lipinski definition) is 1. The zero-order valence-electron chi connectivity index (χ0n) is 11.9. The molecule has 2 atom stereocenters. The quantitative estimate of drug-likeness (QED) is 0.931. The molecule has 2 unspecified atom stereocenters. The second-order valence-corrected chi connectivity index (χ2v) is 6.27. The molecule has 20 heavy (non-hydrogen) atoms. The van der Waals surface area contributed by atoms with E-state index in [-0.39, 0.29) is 11.3 Å². The van der Waals surface area contributed by atoms with Crippen LogP contribution in [0.4, 0.5) is 0 Å².